The van der Waals surface area contributed by atoms with Gasteiger partial charge in [0.2, 0.25) is 5.71 Å². The summed E-state index contributed by atoms with van der Waals surface area (Å²) in [5.41, 5.74) is 7.68. The fraction of sp³-hybridized carbons (Fsp3) is 0.250. The number of fused-ring (bicyclic) bond motifs is 1. The minimum atomic E-state index is 0.567. The van der Waals surface area contributed by atoms with Gasteiger partial charge in [-0.3, -0.25) is 0 Å². The van der Waals surface area contributed by atoms with Crippen LogP contribution in [0.5, 0.6) is 0 Å². The van der Waals surface area contributed by atoms with Crippen LogP contribution in [0.15, 0.2) is 10.7 Å². The van der Waals surface area contributed by atoms with Crippen molar-refractivity contribution in [3.63, 3.8) is 0 Å². The minimum absolute atomic E-state index is 0.567. The average molecular weight is 163 g/mol. The van der Waals surface area contributed by atoms with E-state index in [0.717, 1.165) is 11.1 Å². The number of anilines is 1. The zero-order valence-electron chi connectivity index (χ0n) is 6.96. The quantitative estimate of drug-likeness (QED) is 0.637. The van der Waals surface area contributed by atoms with Crippen LogP contribution in [-0.4, -0.2) is 9.97 Å². The molecular weight excluding hydrogens is 154 g/mol. The third kappa shape index (κ3) is 0.845. The van der Waals surface area contributed by atoms with Gasteiger partial charge in [-0.25, -0.2) is 4.98 Å². The molecule has 0 bridgehead atoms. The van der Waals surface area contributed by atoms with Gasteiger partial charge in [-0.15, -0.1) is 0 Å². The summed E-state index contributed by atoms with van der Waals surface area (Å²) in [7, 11) is 0. The average Bonchev–Trinajstić information content (AvgIpc) is 2.31. The van der Waals surface area contributed by atoms with E-state index in [1.165, 1.54) is 6.26 Å². The number of aryl methyl sites for hydroxylation is 2. The number of aromatic nitrogens is 2. The van der Waals surface area contributed by atoms with Crippen molar-refractivity contribution in [2.75, 3.05) is 5.73 Å². The molecule has 0 radical (unpaired) electrons. The number of nitrogens with zero attached hydrogens (tertiary/aromatic N) is 2. The number of rotatable bonds is 0. The van der Waals surface area contributed by atoms with E-state index in [2.05, 4.69) is 9.97 Å². The molecule has 0 aromatic carbocycles. The van der Waals surface area contributed by atoms with Crippen molar-refractivity contribution in [2.45, 2.75) is 13.8 Å². The second-order valence-corrected chi connectivity index (χ2v) is 2.73. The van der Waals surface area contributed by atoms with Crippen molar-refractivity contribution in [3.05, 3.63) is 17.8 Å². The SMILES string of the molecule is Cc1nc(C)c2c(N)coc2n1. The molecule has 0 atom stereocenters. The minimum Gasteiger partial charge on any atom is -0.444 e. The third-order valence-electron chi connectivity index (χ3n) is 1.75. The molecule has 0 spiro atoms. The summed E-state index contributed by atoms with van der Waals surface area (Å²) >= 11 is 0. The Hall–Kier alpha value is -1.58. The summed E-state index contributed by atoms with van der Waals surface area (Å²) in [6.45, 7) is 3.72. The highest BCUT2D eigenvalue weighted by Crippen LogP contribution is 2.23. The summed E-state index contributed by atoms with van der Waals surface area (Å²) in [6.07, 6.45) is 1.49. The Morgan fingerprint density at radius 2 is 2.08 bits per heavy atom. The standard InChI is InChI=1S/C8H9N3O/c1-4-7-6(9)3-12-8(7)11-5(2)10-4/h3H,9H2,1-2H3. The molecule has 2 aromatic rings. The summed E-state index contributed by atoms with van der Waals surface area (Å²) in [6, 6.07) is 0. The van der Waals surface area contributed by atoms with E-state index in [9.17, 15) is 0 Å². The van der Waals surface area contributed by atoms with Crippen molar-refractivity contribution < 1.29 is 4.42 Å². The first-order valence-electron chi connectivity index (χ1n) is 3.66. The zero-order valence-corrected chi connectivity index (χ0v) is 6.96. The molecule has 12 heavy (non-hydrogen) atoms. The van der Waals surface area contributed by atoms with Gasteiger partial charge in [-0.1, -0.05) is 0 Å². The van der Waals surface area contributed by atoms with Crippen molar-refractivity contribution in [1.29, 1.82) is 0 Å². The van der Waals surface area contributed by atoms with Crippen molar-refractivity contribution >= 4 is 16.8 Å². The van der Waals surface area contributed by atoms with Gasteiger partial charge < -0.3 is 10.2 Å². The highest BCUT2D eigenvalue weighted by Gasteiger charge is 2.08. The molecule has 4 heteroatoms. The van der Waals surface area contributed by atoms with E-state index in [1.807, 2.05) is 13.8 Å². The van der Waals surface area contributed by atoms with Gasteiger partial charge in [0.1, 0.15) is 12.1 Å². The molecule has 62 valence electrons. The number of nitrogens with two attached hydrogens (primary N) is 1. The van der Waals surface area contributed by atoms with Gasteiger partial charge in [0, 0.05) is 0 Å². The van der Waals surface area contributed by atoms with Crippen LogP contribution in [-0.2, 0) is 0 Å². The summed E-state index contributed by atoms with van der Waals surface area (Å²) < 4.78 is 5.13. The van der Waals surface area contributed by atoms with Crippen LogP contribution in [0, 0.1) is 13.8 Å². The van der Waals surface area contributed by atoms with Gasteiger partial charge in [0.25, 0.3) is 0 Å². The fourth-order valence-corrected chi connectivity index (χ4v) is 1.28. The monoisotopic (exact) mass is 163 g/mol. The molecule has 0 amide bonds. The lowest BCUT2D eigenvalue weighted by Crippen LogP contribution is -1.92. The number of furan rings is 1. The third-order valence-corrected chi connectivity index (χ3v) is 1.75. The molecule has 4 nitrogen and oxygen atoms in total. The van der Waals surface area contributed by atoms with Crippen LogP contribution in [0.4, 0.5) is 5.69 Å². The van der Waals surface area contributed by atoms with Crippen LogP contribution in [0.25, 0.3) is 11.1 Å². The number of hydrogen-bond donors (Lipinski definition) is 1. The first kappa shape index (κ1) is 7.09. The predicted octanol–water partition coefficient (Wildman–Crippen LogP) is 1.42. The van der Waals surface area contributed by atoms with Crippen molar-refractivity contribution in [1.82, 2.24) is 9.97 Å². The lowest BCUT2D eigenvalue weighted by molar-refractivity contribution is 0.601. The van der Waals surface area contributed by atoms with Gasteiger partial charge in [-0.2, -0.15) is 4.98 Å². The highest BCUT2D eigenvalue weighted by atomic mass is 16.3. The Balaban J connectivity index is 2.93. The Morgan fingerprint density at radius 3 is 2.83 bits per heavy atom. The summed E-state index contributed by atoms with van der Waals surface area (Å²) in [5.74, 6) is 0.703. The van der Waals surface area contributed by atoms with Crippen molar-refractivity contribution in [3.8, 4) is 0 Å². The lowest BCUT2D eigenvalue weighted by Gasteiger charge is -1.96. The number of nitrogen functional groups attached to an aromatic ring is 1. The van der Waals surface area contributed by atoms with E-state index in [-0.39, 0.29) is 0 Å². The first-order valence-corrected chi connectivity index (χ1v) is 3.66. The second-order valence-electron chi connectivity index (χ2n) is 2.73. The molecule has 2 rings (SSSR count). The molecule has 2 heterocycles. The largest absolute Gasteiger partial charge is 0.444 e. The summed E-state index contributed by atoms with van der Waals surface area (Å²) in [5, 5.41) is 0.820. The van der Waals surface area contributed by atoms with Gasteiger partial charge in [-0.05, 0) is 13.8 Å². The van der Waals surface area contributed by atoms with Gasteiger partial charge in [0.05, 0.1) is 16.8 Å². The van der Waals surface area contributed by atoms with E-state index >= 15 is 0 Å². The first-order chi connectivity index (χ1) is 5.68. The molecule has 2 N–H and O–H groups in total. The molecule has 0 saturated heterocycles. The topological polar surface area (TPSA) is 64.9 Å². The maximum atomic E-state index is 5.65. The Labute approximate surface area is 69.4 Å². The smallest absolute Gasteiger partial charge is 0.231 e. The maximum Gasteiger partial charge on any atom is 0.231 e. The van der Waals surface area contributed by atoms with Crippen LogP contribution in [0.3, 0.4) is 0 Å². The second kappa shape index (κ2) is 2.20. The molecule has 0 aliphatic carbocycles. The highest BCUT2D eigenvalue weighted by molar-refractivity contribution is 5.88. The molecular formula is C8H9N3O. The van der Waals surface area contributed by atoms with E-state index in [4.69, 9.17) is 10.2 Å². The van der Waals surface area contributed by atoms with Crippen LogP contribution >= 0.6 is 0 Å². The molecule has 0 unspecified atom stereocenters. The van der Waals surface area contributed by atoms with Crippen LogP contribution in [0.1, 0.15) is 11.5 Å². The fourth-order valence-electron chi connectivity index (χ4n) is 1.28. The Morgan fingerprint density at radius 1 is 1.33 bits per heavy atom. The van der Waals surface area contributed by atoms with E-state index in [1.54, 1.807) is 0 Å². The molecule has 0 aliphatic rings. The van der Waals surface area contributed by atoms with E-state index < -0.39 is 0 Å². The molecule has 0 fully saturated rings. The number of hydrogen-bond acceptors (Lipinski definition) is 4. The lowest BCUT2D eigenvalue weighted by atomic mass is 10.3. The Bertz CT molecular complexity index is 433. The van der Waals surface area contributed by atoms with Crippen LogP contribution in [0.2, 0.25) is 0 Å². The van der Waals surface area contributed by atoms with E-state index in [0.29, 0.717) is 17.2 Å². The molecule has 0 aliphatic heterocycles. The van der Waals surface area contributed by atoms with Crippen LogP contribution < -0.4 is 5.73 Å². The van der Waals surface area contributed by atoms with Gasteiger partial charge >= 0.3 is 0 Å². The van der Waals surface area contributed by atoms with Crippen molar-refractivity contribution in [2.24, 2.45) is 0 Å². The normalized spacial score (nSPS) is 10.8. The Kier molecular flexibility index (Phi) is 1.30. The molecule has 0 saturated carbocycles. The molecule has 2 aromatic heterocycles. The summed E-state index contributed by atoms with van der Waals surface area (Å²) in [4.78, 5) is 8.28. The predicted molar refractivity (Wildman–Crippen MR) is 45.7 cm³/mol. The van der Waals surface area contributed by atoms with Gasteiger partial charge in [0.15, 0.2) is 0 Å². The zero-order chi connectivity index (χ0) is 8.72. The maximum absolute atomic E-state index is 5.65.